The number of aryl methyl sites for hydroxylation is 1. The van der Waals surface area contributed by atoms with Crippen LogP contribution in [-0.2, 0) is 20.7 Å². The van der Waals surface area contributed by atoms with Crippen molar-refractivity contribution in [3.63, 3.8) is 0 Å². The summed E-state index contributed by atoms with van der Waals surface area (Å²) in [4.78, 5) is 23.5. The fourth-order valence-corrected chi connectivity index (χ4v) is 2.30. The second-order valence-corrected chi connectivity index (χ2v) is 5.70. The third kappa shape index (κ3) is 6.39. The molecule has 1 rings (SSSR count). The van der Waals surface area contributed by atoms with Crippen LogP contribution in [0, 0.1) is 0 Å². The first-order valence-electron chi connectivity index (χ1n) is 7.18. The molecule has 0 aliphatic carbocycles. The van der Waals surface area contributed by atoms with Gasteiger partial charge in [0.1, 0.15) is 11.8 Å². The van der Waals surface area contributed by atoms with Crippen LogP contribution < -0.4 is 10.1 Å². The SMILES string of the molecule is CCc1ccc(OCC(=O)N[C@H](CCSC)C(=O)OC)cc1. The van der Waals surface area contributed by atoms with Gasteiger partial charge in [0.25, 0.3) is 5.91 Å². The number of benzene rings is 1. The van der Waals surface area contributed by atoms with Crippen LogP contribution in [-0.4, -0.2) is 43.6 Å². The van der Waals surface area contributed by atoms with Gasteiger partial charge in [-0.05, 0) is 42.5 Å². The zero-order chi connectivity index (χ0) is 16.4. The molecule has 0 aliphatic heterocycles. The van der Waals surface area contributed by atoms with E-state index in [2.05, 4.69) is 12.2 Å². The molecule has 1 aromatic rings. The first-order chi connectivity index (χ1) is 10.6. The lowest BCUT2D eigenvalue weighted by Crippen LogP contribution is -2.43. The first kappa shape index (κ1) is 18.4. The number of esters is 1. The van der Waals surface area contributed by atoms with Gasteiger partial charge in [0.05, 0.1) is 7.11 Å². The third-order valence-electron chi connectivity index (χ3n) is 3.13. The summed E-state index contributed by atoms with van der Waals surface area (Å²) in [5, 5.41) is 2.64. The van der Waals surface area contributed by atoms with Crippen LogP contribution in [0.3, 0.4) is 0 Å². The molecule has 122 valence electrons. The van der Waals surface area contributed by atoms with E-state index in [1.54, 1.807) is 11.8 Å². The Morgan fingerprint density at radius 2 is 1.95 bits per heavy atom. The fourth-order valence-electron chi connectivity index (χ4n) is 1.83. The van der Waals surface area contributed by atoms with Crippen LogP contribution in [0.15, 0.2) is 24.3 Å². The third-order valence-corrected chi connectivity index (χ3v) is 3.78. The Kier molecular flexibility index (Phi) is 8.43. The summed E-state index contributed by atoms with van der Waals surface area (Å²) in [5.41, 5.74) is 1.21. The number of hydrogen-bond acceptors (Lipinski definition) is 5. The van der Waals surface area contributed by atoms with Gasteiger partial charge in [-0.25, -0.2) is 4.79 Å². The first-order valence-corrected chi connectivity index (χ1v) is 8.58. The maximum atomic E-state index is 11.9. The second kappa shape index (κ2) is 10.1. The largest absolute Gasteiger partial charge is 0.484 e. The number of carbonyl (C=O) groups is 2. The van der Waals surface area contributed by atoms with Gasteiger partial charge in [-0.1, -0.05) is 19.1 Å². The van der Waals surface area contributed by atoms with Crippen LogP contribution in [0.25, 0.3) is 0 Å². The van der Waals surface area contributed by atoms with Crippen molar-refractivity contribution in [1.29, 1.82) is 0 Å². The molecule has 0 aromatic heterocycles. The van der Waals surface area contributed by atoms with Crippen molar-refractivity contribution >= 4 is 23.6 Å². The lowest BCUT2D eigenvalue weighted by atomic mass is 10.2. The number of ether oxygens (including phenoxy) is 2. The number of methoxy groups -OCH3 is 1. The molecule has 0 heterocycles. The molecule has 0 spiro atoms. The monoisotopic (exact) mass is 325 g/mol. The van der Waals surface area contributed by atoms with Crippen LogP contribution in [0.1, 0.15) is 18.9 Å². The number of hydrogen-bond donors (Lipinski definition) is 1. The lowest BCUT2D eigenvalue weighted by Gasteiger charge is -2.16. The Morgan fingerprint density at radius 1 is 1.27 bits per heavy atom. The minimum Gasteiger partial charge on any atom is -0.484 e. The van der Waals surface area contributed by atoms with Crippen molar-refractivity contribution in [3.8, 4) is 5.75 Å². The Morgan fingerprint density at radius 3 is 2.50 bits per heavy atom. The number of thioether (sulfide) groups is 1. The van der Waals surface area contributed by atoms with Crippen molar-refractivity contribution in [2.24, 2.45) is 0 Å². The minimum atomic E-state index is -0.629. The molecule has 22 heavy (non-hydrogen) atoms. The van der Waals surface area contributed by atoms with Gasteiger partial charge in [-0.15, -0.1) is 0 Å². The topological polar surface area (TPSA) is 64.6 Å². The predicted octanol–water partition coefficient (Wildman–Crippen LogP) is 2.04. The second-order valence-electron chi connectivity index (χ2n) is 4.71. The van der Waals surface area contributed by atoms with E-state index in [0.29, 0.717) is 12.2 Å². The molecule has 0 bridgehead atoms. The zero-order valence-electron chi connectivity index (χ0n) is 13.3. The summed E-state index contributed by atoms with van der Waals surface area (Å²) in [7, 11) is 1.31. The summed E-state index contributed by atoms with van der Waals surface area (Å²) < 4.78 is 10.1. The summed E-state index contributed by atoms with van der Waals surface area (Å²) in [5.74, 6) is 0.621. The van der Waals surface area contributed by atoms with E-state index in [9.17, 15) is 9.59 Å². The van der Waals surface area contributed by atoms with Gasteiger partial charge >= 0.3 is 5.97 Å². The molecule has 0 fully saturated rings. The minimum absolute atomic E-state index is 0.127. The standard InChI is InChI=1S/C16H23NO4S/c1-4-12-5-7-13(8-6-12)21-11-15(18)17-14(9-10-22-3)16(19)20-2/h5-8,14H,4,9-11H2,1-3H3,(H,17,18)/t14-/m1/s1. The van der Waals surface area contributed by atoms with Gasteiger partial charge in [-0.3, -0.25) is 4.79 Å². The number of carbonyl (C=O) groups excluding carboxylic acids is 2. The molecule has 1 N–H and O–H groups in total. The van der Waals surface area contributed by atoms with Crippen LogP contribution in [0.4, 0.5) is 0 Å². The van der Waals surface area contributed by atoms with E-state index in [1.165, 1.54) is 12.7 Å². The Balaban J connectivity index is 2.46. The smallest absolute Gasteiger partial charge is 0.328 e. The molecule has 1 amide bonds. The average Bonchev–Trinajstić information content (AvgIpc) is 2.56. The molecular weight excluding hydrogens is 302 g/mol. The van der Waals surface area contributed by atoms with Crippen molar-refractivity contribution < 1.29 is 19.1 Å². The van der Waals surface area contributed by atoms with E-state index in [0.717, 1.165) is 12.2 Å². The van der Waals surface area contributed by atoms with E-state index >= 15 is 0 Å². The molecule has 0 radical (unpaired) electrons. The summed E-state index contributed by atoms with van der Waals surface area (Å²) in [6.07, 6.45) is 3.43. The Hall–Kier alpha value is -1.69. The van der Waals surface area contributed by atoms with E-state index in [-0.39, 0.29) is 12.5 Å². The quantitative estimate of drug-likeness (QED) is 0.704. The van der Waals surface area contributed by atoms with Crippen LogP contribution in [0.2, 0.25) is 0 Å². The molecule has 1 atom stereocenters. The molecule has 5 nitrogen and oxygen atoms in total. The molecule has 6 heteroatoms. The van der Waals surface area contributed by atoms with E-state index < -0.39 is 12.0 Å². The molecule has 0 saturated carbocycles. The number of rotatable bonds is 9. The van der Waals surface area contributed by atoms with Crippen LogP contribution >= 0.6 is 11.8 Å². The van der Waals surface area contributed by atoms with Gasteiger partial charge in [0.2, 0.25) is 0 Å². The maximum absolute atomic E-state index is 11.9. The van der Waals surface area contributed by atoms with Crippen molar-refractivity contribution in [2.45, 2.75) is 25.8 Å². The highest BCUT2D eigenvalue weighted by Gasteiger charge is 2.21. The maximum Gasteiger partial charge on any atom is 0.328 e. The van der Waals surface area contributed by atoms with Crippen molar-refractivity contribution in [3.05, 3.63) is 29.8 Å². The average molecular weight is 325 g/mol. The molecule has 1 aromatic carbocycles. The highest BCUT2D eigenvalue weighted by Crippen LogP contribution is 2.12. The van der Waals surface area contributed by atoms with Gasteiger partial charge in [0.15, 0.2) is 6.61 Å². The van der Waals surface area contributed by atoms with Gasteiger partial charge < -0.3 is 14.8 Å². The molecular formula is C16H23NO4S. The zero-order valence-corrected chi connectivity index (χ0v) is 14.1. The normalized spacial score (nSPS) is 11.6. The van der Waals surface area contributed by atoms with Crippen molar-refractivity contribution in [2.75, 3.05) is 25.7 Å². The lowest BCUT2D eigenvalue weighted by molar-refractivity contribution is -0.145. The highest BCUT2D eigenvalue weighted by molar-refractivity contribution is 7.98. The Bertz CT molecular complexity index is 476. The van der Waals surface area contributed by atoms with Gasteiger partial charge in [-0.2, -0.15) is 11.8 Å². The molecule has 0 unspecified atom stereocenters. The Labute approximate surface area is 135 Å². The number of amides is 1. The predicted molar refractivity (Wildman–Crippen MR) is 88.3 cm³/mol. The summed E-state index contributed by atoms with van der Waals surface area (Å²) >= 11 is 1.61. The van der Waals surface area contributed by atoms with Crippen molar-refractivity contribution in [1.82, 2.24) is 5.32 Å². The summed E-state index contributed by atoms with van der Waals surface area (Å²) in [6, 6.07) is 6.96. The molecule has 0 saturated heterocycles. The van der Waals surface area contributed by atoms with Crippen LogP contribution in [0.5, 0.6) is 5.75 Å². The van der Waals surface area contributed by atoms with E-state index in [1.807, 2.05) is 30.5 Å². The molecule has 0 aliphatic rings. The highest BCUT2D eigenvalue weighted by atomic mass is 32.2. The summed E-state index contributed by atoms with van der Waals surface area (Å²) in [6.45, 7) is 1.95. The number of nitrogens with one attached hydrogen (secondary N) is 1. The fraction of sp³-hybridized carbons (Fsp3) is 0.500. The van der Waals surface area contributed by atoms with E-state index in [4.69, 9.17) is 9.47 Å². The van der Waals surface area contributed by atoms with Gasteiger partial charge in [0, 0.05) is 0 Å².